The van der Waals surface area contributed by atoms with E-state index in [9.17, 15) is 9.59 Å². The van der Waals surface area contributed by atoms with E-state index in [1.165, 1.54) is 6.08 Å². The number of ether oxygens (including phenoxy) is 1. The fourth-order valence-electron chi connectivity index (χ4n) is 2.72. The maximum absolute atomic E-state index is 12.2. The summed E-state index contributed by atoms with van der Waals surface area (Å²) < 4.78 is 5.02. The van der Waals surface area contributed by atoms with Crippen molar-refractivity contribution in [3.8, 4) is 0 Å². The van der Waals surface area contributed by atoms with Gasteiger partial charge in [-0.2, -0.15) is 0 Å². The van der Waals surface area contributed by atoms with Crippen LogP contribution >= 0.6 is 0 Å². The summed E-state index contributed by atoms with van der Waals surface area (Å²) in [5.74, 6) is 0.0936. The highest BCUT2D eigenvalue weighted by Crippen LogP contribution is 2.18. The average molecular weight is 347 g/mol. The zero-order chi connectivity index (χ0) is 18.2. The number of nitrogens with two attached hydrogens (primary N) is 1. The quantitative estimate of drug-likeness (QED) is 0.724. The summed E-state index contributed by atoms with van der Waals surface area (Å²) in [6.45, 7) is 3.53. The van der Waals surface area contributed by atoms with Gasteiger partial charge >= 0.3 is 0 Å². The van der Waals surface area contributed by atoms with E-state index in [4.69, 9.17) is 10.5 Å². The summed E-state index contributed by atoms with van der Waals surface area (Å²) in [6.07, 6.45) is 7.60. The van der Waals surface area contributed by atoms with Gasteiger partial charge in [0.25, 0.3) is 0 Å². The molecule has 0 aromatic carbocycles. The fourth-order valence-corrected chi connectivity index (χ4v) is 2.72. The smallest absolute Gasteiger partial charge is 0.246 e. The second-order valence-electron chi connectivity index (χ2n) is 6.17. The Morgan fingerprint density at radius 2 is 2.04 bits per heavy atom. The third kappa shape index (κ3) is 5.82. The van der Waals surface area contributed by atoms with Crippen molar-refractivity contribution in [2.45, 2.75) is 25.8 Å². The first-order chi connectivity index (χ1) is 12.0. The van der Waals surface area contributed by atoms with Crippen LogP contribution < -0.4 is 11.1 Å². The number of rotatable bonds is 6. The number of hydrogen-bond donors (Lipinski definition) is 2. The van der Waals surface area contributed by atoms with Crippen molar-refractivity contribution in [3.63, 3.8) is 0 Å². The Balaban J connectivity index is 1.79. The molecule has 1 aromatic heterocycles. The standard InChI is InChI=1S/C17H25N5O3/c1-12(11-25-2)21-16(24)14-5-7-22(8-6-14)15(23)4-3-13-9-19-17(18)20-10-13/h3-4,9-10,12,14H,5-8,11H2,1-2H3,(H,21,24)(H2,18,19,20). The lowest BCUT2D eigenvalue weighted by atomic mass is 9.95. The molecule has 2 rings (SSSR count). The molecular weight excluding hydrogens is 322 g/mol. The third-order valence-corrected chi connectivity index (χ3v) is 4.09. The van der Waals surface area contributed by atoms with Crippen molar-refractivity contribution in [2.75, 3.05) is 32.5 Å². The van der Waals surface area contributed by atoms with Gasteiger partial charge in [0, 0.05) is 56.2 Å². The van der Waals surface area contributed by atoms with Crippen LogP contribution in [0.1, 0.15) is 25.3 Å². The molecule has 0 spiro atoms. The van der Waals surface area contributed by atoms with Crippen molar-refractivity contribution in [1.82, 2.24) is 20.2 Å². The predicted octanol–water partition coefficient (Wildman–Crippen LogP) is 0.462. The van der Waals surface area contributed by atoms with Crippen molar-refractivity contribution in [3.05, 3.63) is 24.0 Å². The number of methoxy groups -OCH3 is 1. The Labute approximate surface area is 147 Å². The van der Waals surface area contributed by atoms with Gasteiger partial charge in [-0.15, -0.1) is 0 Å². The van der Waals surface area contributed by atoms with Crippen LogP contribution in [0, 0.1) is 5.92 Å². The number of carbonyl (C=O) groups is 2. The number of hydrogen-bond acceptors (Lipinski definition) is 6. The zero-order valence-corrected chi connectivity index (χ0v) is 14.6. The molecular formula is C17H25N5O3. The minimum atomic E-state index is -0.0802. The van der Waals surface area contributed by atoms with Gasteiger partial charge in [-0.3, -0.25) is 9.59 Å². The number of carbonyl (C=O) groups excluding carboxylic acids is 2. The van der Waals surface area contributed by atoms with Crippen molar-refractivity contribution in [2.24, 2.45) is 5.92 Å². The van der Waals surface area contributed by atoms with Crippen LogP contribution in [0.2, 0.25) is 0 Å². The fraction of sp³-hybridized carbons (Fsp3) is 0.529. The topological polar surface area (TPSA) is 110 Å². The Kier molecular flexibility index (Phi) is 6.88. The predicted molar refractivity (Wildman–Crippen MR) is 94.3 cm³/mol. The first-order valence-corrected chi connectivity index (χ1v) is 8.33. The molecule has 1 saturated heterocycles. The monoisotopic (exact) mass is 347 g/mol. The average Bonchev–Trinajstić information content (AvgIpc) is 2.61. The van der Waals surface area contributed by atoms with E-state index in [0.29, 0.717) is 38.1 Å². The molecule has 25 heavy (non-hydrogen) atoms. The summed E-state index contributed by atoms with van der Waals surface area (Å²) in [7, 11) is 1.61. The maximum Gasteiger partial charge on any atom is 0.246 e. The molecule has 1 unspecified atom stereocenters. The van der Waals surface area contributed by atoms with E-state index in [1.54, 1.807) is 30.5 Å². The SMILES string of the molecule is COCC(C)NC(=O)C1CCN(C(=O)C=Cc2cnc(N)nc2)CC1. The van der Waals surface area contributed by atoms with E-state index < -0.39 is 0 Å². The number of likely N-dealkylation sites (tertiary alicyclic amines) is 1. The second-order valence-corrected chi connectivity index (χ2v) is 6.17. The van der Waals surface area contributed by atoms with Crippen LogP contribution in [0.25, 0.3) is 6.08 Å². The van der Waals surface area contributed by atoms with Crippen LogP contribution in [0.4, 0.5) is 5.95 Å². The highest BCUT2D eigenvalue weighted by molar-refractivity contribution is 5.92. The Bertz CT molecular complexity index is 609. The van der Waals surface area contributed by atoms with Crippen LogP contribution in [-0.4, -0.2) is 59.5 Å². The summed E-state index contributed by atoms with van der Waals surface area (Å²) in [6, 6.07) is -0.0118. The largest absolute Gasteiger partial charge is 0.383 e. The molecule has 1 aliphatic heterocycles. The summed E-state index contributed by atoms with van der Waals surface area (Å²) in [5, 5.41) is 2.94. The lowest BCUT2D eigenvalue weighted by Gasteiger charge is -2.31. The van der Waals surface area contributed by atoms with Crippen LogP contribution in [0.5, 0.6) is 0 Å². The van der Waals surface area contributed by atoms with E-state index in [0.717, 1.165) is 0 Å². The lowest BCUT2D eigenvalue weighted by molar-refractivity contribution is -0.132. The zero-order valence-electron chi connectivity index (χ0n) is 14.6. The number of nitrogens with zero attached hydrogens (tertiary/aromatic N) is 3. The normalized spacial score (nSPS) is 16.8. The summed E-state index contributed by atoms with van der Waals surface area (Å²) >= 11 is 0. The van der Waals surface area contributed by atoms with E-state index in [1.807, 2.05) is 6.92 Å². The molecule has 2 amide bonds. The van der Waals surface area contributed by atoms with Gasteiger partial charge in [0.2, 0.25) is 17.8 Å². The maximum atomic E-state index is 12.2. The number of nitrogen functional groups attached to an aromatic ring is 1. The Morgan fingerprint density at radius 1 is 1.40 bits per heavy atom. The molecule has 3 N–H and O–H groups in total. The Hall–Kier alpha value is -2.48. The summed E-state index contributed by atoms with van der Waals surface area (Å²) in [4.78, 5) is 33.9. The van der Waals surface area contributed by atoms with Crippen molar-refractivity contribution < 1.29 is 14.3 Å². The Morgan fingerprint density at radius 3 is 2.64 bits per heavy atom. The van der Waals surface area contributed by atoms with E-state index in [-0.39, 0.29) is 29.7 Å². The molecule has 0 saturated carbocycles. The molecule has 8 nitrogen and oxygen atoms in total. The van der Waals surface area contributed by atoms with Gasteiger partial charge in [-0.05, 0) is 25.8 Å². The van der Waals surface area contributed by atoms with Gasteiger partial charge in [-0.1, -0.05) is 0 Å². The number of piperidine rings is 1. The molecule has 1 atom stereocenters. The lowest BCUT2D eigenvalue weighted by Crippen LogP contribution is -2.45. The molecule has 8 heteroatoms. The molecule has 2 heterocycles. The number of anilines is 1. The second kappa shape index (κ2) is 9.12. The highest BCUT2D eigenvalue weighted by Gasteiger charge is 2.27. The number of amides is 2. The first kappa shape index (κ1) is 18.9. The van der Waals surface area contributed by atoms with E-state index in [2.05, 4.69) is 15.3 Å². The minimum absolute atomic E-state index is 0.0118. The minimum Gasteiger partial charge on any atom is -0.383 e. The van der Waals surface area contributed by atoms with Crippen molar-refractivity contribution >= 4 is 23.8 Å². The number of aromatic nitrogens is 2. The van der Waals surface area contributed by atoms with Crippen LogP contribution in [-0.2, 0) is 14.3 Å². The van der Waals surface area contributed by atoms with Gasteiger partial charge in [0.1, 0.15) is 0 Å². The van der Waals surface area contributed by atoms with E-state index >= 15 is 0 Å². The third-order valence-electron chi connectivity index (χ3n) is 4.09. The van der Waals surface area contributed by atoms with Crippen LogP contribution in [0.15, 0.2) is 18.5 Å². The molecule has 0 bridgehead atoms. The molecule has 1 aliphatic rings. The molecule has 136 valence electrons. The molecule has 0 aliphatic carbocycles. The molecule has 0 radical (unpaired) electrons. The molecule has 1 fully saturated rings. The van der Waals surface area contributed by atoms with Crippen LogP contribution in [0.3, 0.4) is 0 Å². The van der Waals surface area contributed by atoms with Gasteiger partial charge in [-0.25, -0.2) is 9.97 Å². The summed E-state index contributed by atoms with van der Waals surface area (Å²) in [5.41, 5.74) is 6.13. The van der Waals surface area contributed by atoms with Gasteiger partial charge in [0.05, 0.1) is 6.61 Å². The molecule has 1 aromatic rings. The van der Waals surface area contributed by atoms with Gasteiger partial charge in [0.15, 0.2) is 0 Å². The highest BCUT2D eigenvalue weighted by atomic mass is 16.5. The number of nitrogens with one attached hydrogen (secondary N) is 1. The van der Waals surface area contributed by atoms with Crippen molar-refractivity contribution in [1.29, 1.82) is 0 Å². The first-order valence-electron chi connectivity index (χ1n) is 8.33. The van der Waals surface area contributed by atoms with Gasteiger partial charge < -0.3 is 20.7 Å².